The molecule has 1 nitrogen and oxygen atoms in total. The highest BCUT2D eigenvalue weighted by Crippen LogP contribution is 2.33. The summed E-state index contributed by atoms with van der Waals surface area (Å²) in [5.74, 6) is 0. The van der Waals surface area contributed by atoms with Crippen molar-refractivity contribution in [3.63, 3.8) is 0 Å². The number of rotatable bonds is 5. The molecule has 0 aliphatic carbocycles. The van der Waals surface area contributed by atoms with Crippen LogP contribution in [0, 0.1) is 0 Å². The Bertz CT molecular complexity index is 422. The molecule has 0 aliphatic rings. The molecule has 4 heteroatoms. The minimum atomic E-state index is -0.394. The minimum Gasteiger partial charge on any atom is -0.131 e. The Morgan fingerprint density at radius 3 is 1.61 bits per heavy atom. The summed E-state index contributed by atoms with van der Waals surface area (Å²) in [5.41, 5.74) is 0. The molecule has 0 unspecified atom stereocenters. The molecule has 0 atom stereocenters. The molecule has 94 valence electrons. The zero-order valence-corrected chi connectivity index (χ0v) is 12.2. The zero-order chi connectivity index (χ0) is 12.8. The van der Waals surface area contributed by atoms with Crippen LogP contribution in [0.1, 0.15) is 0 Å². The van der Waals surface area contributed by atoms with Crippen LogP contribution in [0.25, 0.3) is 0 Å². The highest BCUT2D eigenvalue weighted by molar-refractivity contribution is 7.73. The standard InChI is InChI=1S/C14H14Cl2NP/c15-17(16)11-12-18(13-7-3-1-4-8-13)14-9-5-2-6-10-14/h1-10H,11-12H2. The van der Waals surface area contributed by atoms with E-state index in [1.807, 2.05) is 12.1 Å². The lowest BCUT2D eigenvalue weighted by molar-refractivity contribution is 0.756. The Hall–Kier alpha value is -0.590. The monoisotopic (exact) mass is 297 g/mol. The number of halogens is 2. The molecule has 0 fully saturated rings. The largest absolute Gasteiger partial charge is 0.131 e. The van der Waals surface area contributed by atoms with Gasteiger partial charge in [-0.15, -0.1) is 3.94 Å². The SMILES string of the molecule is ClN(Cl)CCP(c1ccccc1)c1ccccc1. The quantitative estimate of drug-likeness (QED) is 0.600. The third-order valence-corrected chi connectivity index (χ3v) is 5.46. The van der Waals surface area contributed by atoms with E-state index in [0.717, 1.165) is 6.16 Å². The maximum atomic E-state index is 5.71. The lowest BCUT2D eigenvalue weighted by Gasteiger charge is -2.19. The normalized spacial score (nSPS) is 11.1. The molecule has 0 N–H and O–H groups in total. The van der Waals surface area contributed by atoms with E-state index in [1.54, 1.807) is 0 Å². The molecule has 2 aromatic rings. The first-order chi connectivity index (χ1) is 8.77. The van der Waals surface area contributed by atoms with Gasteiger partial charge in [0.1, 0.15) is 0 Å². The third kappa shape index (κ3) is 3.96. The molecule has 0 aromatic heterocycles. The van der Waals surface area contributed by atoms with Gasteiger partial charge in [-0.2, -0.15) is 0 Å². The second-order valence-corrected chi connectivity index (χ2v) is 7.17. The Labute approximate surface area is 119 Å². The van der Waals surface area contributed by atoms with Crippen LogP contribution >= 0.6 is 31.5 Å². The summed E-state index contributed by atoms with van der Waals surface area (Å²) >= 11 is 11.4. The van der Waals surface area contributed by atoms with Crippen LogP contribution < -0.4 is 10.6 Å². The van der Waals surface area contributed by atoms with Crippen molar-refractivity contribution < 1.29 is 0 Å². The molecular weight excluding hydrogens is 284 g/mol. The van der Waals surface area contributed by atoms with E-state index in [9.17, 15) is 0 Å². The average molecular weight is 298 g/mol. The van der Waals surface area contributed by atoms with Crippen LogP contribution in [0.2, 0.25) is 0 Å². The van der Waals surface area contributed by atoms with E-state index in [2.05, 4.69) is 48.5 Å². The summed E-state index contributed by atoms with van der Waals surface area (Å²) in [6.45, 7) is 0.665. The molecular formula is C14H14Cl2NP. The molecule has 0 aliphatic heterocycles. The molecule has 0 bridgehead atoms. The van der Waals surface area contributed by atoms with Crippen molar-refractivity contribution in [3.8, 4) is 0 Å². The maximum Gasteiger partial charge on any atom is 0.0349 e. The third-order valence-electron chi connectivity index (χ3n) is 2.63. The minimum absolute atomic E-state index is 0.394. The second kappa shape index (κ2) is 7.11. The van der Waals surface area contributed by atoms with Gasteiger partial charge in [0.25, 0.3) is 0 Å². The van der Waals surface area contributed by atoms with Gasteiger partial charge in [0.15, 0.2) is 0 Å². The molecule has 0 amide bonds. The highest BCUT2D eigenvalue weighted by atomic mass is 35.5. The van der Waals surface area contributed by atoms with E-state index >= 15 is 0 Å². The highest BCUT2D eigenvalue weighted by Gasteiger charge is 2.13. The number of hydrogen-bond acceptors (Lipinski definition) is 1. The Morgan fingerprint density at radius 2 is 1.22 bits per heavy atom. The molecule has 0 spiro atoms. The molecule has 0 saturated heterocycles. The van der Waals surface area contributed by atoms with Crippen LogP contribution in [0.3, 0.4) is 0 Å². The summed E-state index contributed by atoms with van der Waals surface area (Å²) in [7, 11) is -0.394. The Morgan fingerprint density at radius 1 is 0.778 bits per heavy atom. The zero-order valence-electron chi connectivity index (χ0n) is 9.84. The summed E-state index contributed by atoms with van der Waals surface area (Å²) < 4.78 is 1.21. The van der Waals surface area contributed by atoms with Gasteiger partial charge in [0, 0.05) is 6.54 Å². The number of nitrogens with zero attached hydrogens (tertiary/aromatic N) is 1. The fourth-order valence-electron chi connectivity index (χ4n) is 1.80. The molecule has 0 heterocycles. The molecule has 0 radical (unpaired) electrons. The fraction of sp³-hybridized carbons (Fsp3) is 0.143. The Kier molecular flexibility index (Phi) is 5.46. The van der Waals surface area contributed by atoms with Crippen molar-refractivity contribution in [3.05, 3.63) is 60.7 Å². The van der Waals surface area contributed by atoms with Crippen molar-refractivity contribution in [1.82, 2.24) is 3.94 Å². The number of benzene rings is 2. The van der Waals surface area contributed by atoms with Crippen LogP contribution in [-0.4, -0.2) is 16.6 Å². The van der Waals surface area contributed by atoms with Gasteiger partial charge >= 0.3 is 0 Å². The first-order valence-electron chi connectivity index (χ1n) is 5.74. The van der Waals surface area contributed by atoms with E-state index < -0.39 is 7.92 Å². The topological polar surface area (TPSA) is 3.24 Å². The summed E-state index contributed by atoms with van der Waals surface area (Å²) in [6, 6.07) is 21.1. The van der Waals surface area contributed by atoms with Gasteiger partial charge in [-0.1, -0.05) is 60.7 Å². The summed E-state index contributed by atoms with van der Waals surface area (Å²) in [4.78, 5) is 0. The van der Waals surface area contributed by atoms with E-state index in [1.165, 1.54) is 14.5 Å². The van der Waals surface area contributed by atoms with Crippen LogP contribution in [0.5, 0.6) is 0 Å². The molecule has 2 aromatic carbocycles. The van der Waals surface area contributed by atoms with Crippen molar-refractivity contribution in [2.75, 3.05) is 12.7 Å². The fourth-order valence-corrected chi connectivity index (χ4v) is 4.48. The summed E-state index contributed by atoms with van der Waals surface area (Å²) in [6.07, 6.45) is 0.955. The maximum absolute atomic E-state index is 5.71. The van der Waals surface area contributed by atoms with Crippen LogP contribution in [-0.2, 0) is 0 Å². The van der Waals surface area contributed by atoms with Gasteiger partial charge in [-0.05, 0) is 48.2 Å². The van der Waals surface area contributed by atoms with Gasteiger partial charge in [0.2, 0.25) is 0 Å². The summed E-state index contributed by atoms with van der Waals surface area (Å²) in [5, 5.41) is 2.71. The second-order valence-electron chi connectivity index (χ2n) is 3.85. The van der Waals surface area contributed by atoms with Crippen molar-refractivity contribution in [2.24, 2.45) is 0 Å². The lowest BCUT2D eigenvalue weighted by atomic mass is 10.4. The Balaban J connectivity index is 2.24. The van der Waals surface area contributed by atoms with Crippen LogP contribution in [0.4, 0.5) is 0 Å². The first kappa shape index (κ1) is 13.8. The van der Waals surface area contributed by atoms with Crippen molar-refractivity contribution in [2.45, 2.75) is 0 Å². The predicted octanol–water partition coefficient (Wildman–Crippen LogP) is 3.73. The van der Waals surface area contributed by atoms with Gasteiger partial charge < -0.3 is 0 Å². The van der Waals surface area contributed by atoms with E-state index in [0.29, 0.717) is 6.54 Å². The van der Waals surface area contributed by atoms with Gasteiger partial charge in [0.05, 0.1) is 0 Å². The van der Waals surface area contributed by atoms with Crippen molar-refractivity contribution >= 4 is 42.1 Å². The molecule has 18 heavy (non-hydrogen) atoms. The van der Waals surface area contributed by atoms with Crippen LogP contribution in [0.15, 0.2) is 60.7 Å². The van der Waals surface area contributed by atoms with E-state index in [4.69, 9.17) is 23.6 Å². The smallest absolute Gasteiger partial charge is 0.0349 e. The lowest BCUT2D eigenvalue weighted by Crippen LogP contribution is -2.17. The van der Waals surface area contributed by atoms with Crippen molar-refractivity contribution in [1.29, 1.82) is 0 Å². The van der Waals surface area contributed by atoms with Gasteiger partial charge in [-0.25, -0.2) is 0 Å². The number of hydrogen-bond donors (Lipinski definition) is 0. The van der Waals surface area contributed by atoms with E-state index in [-0.39, 0.29) is 0 Å². The molecule has 0 saturated carbocycles. The first-order valence-corrected chi connectivity index (χ1v) is 7.94. The molecule has 2 rings (SSSR count). The average Bonchev–Trinajstić information content (AvgIpc) is 2.41. The predicted molar refractivity (Wildman–Crippen MR) is 82.4 cm³/mol. The van der Waals surface area contributed by atoms with Gasteiger partial charge in [-0.3, -0.25) is 0 Å².